The lowest BCUT2D eigenvalue weighted by Gasteiger charge is -2.19. The first-order chi connectivity index (χ1) is 11.3. The van der Waals surface area contributed by atoms with Crippen LogP contribution in [0.2, 0.25) is 0 Å². The van der Waals surface area contributed by atoms with E-state index >= 15 is 0 Å². The van der Waals surface area contributed by atoms with Gasteiger partial charge in [0.15, 0.2) is 5.96 Å². The van der Waals surface area contributed by atoms with E-state index in [1.165, 1.54) is 24.8 Å². The van der Waals surface area contributed by atoms with Crippen molar-refractivity contribution >= 4 is 5.96 Å². The average Bonchev–Trinajstić information content (AvgIpc) is 3.39. The number of benzene rings is 1. The summed E-state index contributed by atoms with van der Waals surface area (Å²) in [6.07, 6.45) is 5.86. The van der Waals surface area contributed by atoms with Crippen LogP contribution in [-0.2, 0) is 10.2 Å². The SMILES string of the molecule is CCCCOCCCNC(=NC)NCC1(c2ccccc2)CC1. The van der Waals surface area contributed by atoms with Gasteiger partial charge in [0.25, 0.3) is 0 Å². The summed E-state index contributed by atoms with van der Waals surface area (Å²) in [5, 5.41) is 6.85. The molecule has 4 nitrogen and oxygen atoms in total. The normalized spacial score (nSPS) is 16.2. The molecule has 0 unspecified atom stereocenters. The zero-order valence-corrected chi connectivity index (χ0v) is 14.6. The van der Waals surface area contributed by atoms with E-state index in [1.54, 1.807) is 0 Å². The number of nitrogens with zero attached hydrogens (tertiary/aromatic N) is 1. The number of unbranched alkanes of at least 4 members (excludes halogenated alkanes) is 1. The van der Waals surface area contributed by atoms with Crippen molar-refractivity contribution in [3.63, 3.8) is 0 Å². The van der Waals surface area contributed by atoms with Crippen molar-refractivity contribution in [1.29, 1.82) is 0 Å². The zero-order chi connectivity index (χ0) is 16.4. The molecule has 1 aromatic rings. The van der Waals surface area contributed by atoms with Crippen molar-refractivity contribution in [2.45, 2.75) is 44.4 Å². The van der Waals surface area contributed by atoms with Crippen molar-refractivity contribution in [3.05, 3.63) is 35.9 Å². The Morgan fingerprint density at radius 1 is 1.13 bits per heavy atom. The van der Waals surface area contributed by atoms with Crippen LogP contribution in [0, 0.1) is 0 Å². The summed E-state index contributed by atoms with van der Waals surface area (Å²) in [6.45, 7) is 5.72. The molecule has 0 heterocycles. The molecule has 1 fully saturated rings. The molecule has 4 heteroatoms. The Morgan fingerprint density at radius 2 is 1.87 bits per heavy atom. The van der Waals surface area contributed by atoms with E-state index in [0.29, 0.717) is 5.41 Å². The lowest BCUT2D eigenvalue weighted by atomic mass is 9.96. The predicted molar refractivity (Wildman–Crippen MR) is 97.1 cm³/mol. The minimum atomic E-state index is 0.308. The third-order valence-electron chi connectivity index (χ3n) is 4.46. The van der Waals surface area contributed by atoms with Gasteiger partial charge in [0.2, 0.25) is 0 Å². The third kappa shape index (κ3) is 5.87. The quantitative estimate of drug-likeness (QED) is 0.396. The molecule has 0 spiro atoms. The minimum Gasteiger partial charge on any atom is -0.381 e. The topological polar surface area (TPSA) is 45.6 Å². The molecule has 1 aliphatic carbocycles. The minimum absolute atomic E-state index is 0.308. The zero-order valence-electron chi connectivity index (χ0n) is 14.6. The molecule has 2 rings (SSSR count). The van der Waals surface area contributed by atoms with E-state index in [0.717, 1.165) is 45.1 Å². The molecular formula is C19H31N3O. The van der Waals surface area contributed by atoms with Gasteiger partial charge in [-0.1, -0.05) is 43.7 Å². The van der Waals surface area contributed by atoms with Crippen molar-refractivity contribution in [2.75, 3.05) is 33.4 Å². The second kappa shape index (κ2) is 9.56. The molecule has 0 saturated heterocycles. The summed E-state index contributed by atoms with van der Waals surface area (Å²) in [7, 11) is 1.83. The van der Waals surface area contributed by atoms with Gasteiger partial charge >= 0.3 is 0 Å². The molecule has 0 bridgehead atoms. The van der Waals surface area contributed by atoms with Crippen LogP contribution >= 0.6 is 0 Å². The predicted octanol–water partition coefficient (Wildman–Crippen LogP) is 3.09. The van der Waals surface area contributed by atoms with E-state index in [-0.39, 0.29) is 0 Å². The molecule has 1 aromatic carbocycles. The smallest absolute Gasteiger partial charge is 0.191 e. The maximum absolute atomic E-state index is 5.57. The summed E-state index contributed by atoms with van der Waals surface area (Å²) in [5.74, 6) is 0.890. The fourth-order valence-corrected chi connectivity index (χ4v) is 2.71. The summed E-state index contributed by atoms with van der Waals surface area (Å²) in [6, 6.07) is 10.8. The standard InChI is InChI=1S/C19H31N3O/c1-3-4-14-23-15-8-13-21-18(20-2)22-16-19(11-12-19)17-9-6-5-7-10-17/h5-7,9-10H,3-4,8,11-16H2,1-2H3,(H2,20,21,22). The van der Waals surface area contributed by atoms with Crippen LogP contribution in [0.3, 0.4) is 0 Å². The second-order valence-corrected chi connectivity index (χ2v) is 6.32. The number of hydrogen-bond acceptors (Lipinski definition) is 2. The molecule has 0 amide bonds. The first-order valence-electron chi connectivity index (χ1n) is 8.88. The summed E-state index contributed by atoms with van der Waals surface area (Å²) in [5.41, 5.74) is 1.74. The first-order valence-corrected chi connectivity index (χ1v) is 8.88. The highest BCUT2D eigenvalue weighted by Crippen LogP contribution is 2.47. The van der Waals surface area contributed by atoms with Gasteiger partial charge in [0.1, 0.15) is 0 Å². The Labute approximate surface area is 140 Å². The van der Waals surface area contributed by atoms with Gasteiger partial charge < -0.3 is 15.4 Å². The molecule has 1 aliphatic rings. The first kappa shape index (κ1) is 17.8. The highest BCUT2D eigenvalue weighted by atomic mass is 16.5. The Kier molecular flexibility index (Phi) is 7.40. The highest BCUT2D eigenvalue weighted by molar-refractivity contribution is 5.79. The third-order valence-corrected chi connectivity index (χ3v) is 4.46. The number of nitrogens with one attached hydrogen (secondary N) is 2. The number of rotatable bonds is 10. The van der Waals surface area contributed by atoms with Crippen LogP contribution in [0.25, 0.3) is 0 Å². The van der Waals surface area contributed by atoms with E-state index in [9.17, 15) is 0 Å². The van der Waals surface area contributed by atoms with Gasteiger partial charge in [0, 0.05) is 38.8 Å². The molecule has 0 aromatic heterocycles. The maximum Gasteiger partial charge on any atom is 0.191 e. The Balaban J connectivity index is 1.64. The van der Waals surface area contributed by atoms with Gasteiger partial charge in [-0.15, -0.1) is 0 Å². The van der Waals surface area contributed by atoms with E-state index in [4.69, 9.17) is 4.74 Å². The molecule has 23 heavy (non-hydrogen) atoms. The Morgan fingerprint density at radius 3 is 2.52 bits per heavy atom. The van der Waals surface area contributed by atoms with Crippen molar-refractivity contribution in [2.24, 2.45) is 4.99 Å². The number of hydrogen-bond donors (Lipinski definition) is 2. The molecule has 0 atom stereocenters. The Bertz CT molecular complexity index is 469. The monoisotopic (exact) mass is 317 g/mol. The number of aliphatic imine (C=N–C) groups is 1. The van der Waals surface area contributed by atoms with Gasteiger partial charge in [-0.05, 0) is 31.2 Å². The van der Waals surface area contributed by atoms with E-state index < -0.39 is 0 Å². The fraction of sp³-hybridized carbons (Fsp3) is 0.632. The van der Waals surface area contributed by atoms with Crippen LogP contribution in [0.15, 0.2) is 35.3 Å². The highest BCUT2D eigenvalue weighted by Gasteiger charge is 2.43. The van der Waals surface area contributed by atoms with Crippen molar-refractivity contribution in [3.8, 4) is 0 Å². The molecule has 128 valence electrons. The molecule has 2 N–H and O–H groups in total. The van der Waals surface area contributed by atoms with Crippen LogP contribution in [0.5, 0.6) is 0 Å². The van der Waals surface area contributed by atoms with Crippen LogP contribution in [0.4, 0.5) is 0 Å². The van der Waals surface area contributed by atoms with Gasteiger partial charge in [-0.3, -0.25) is 4.99 Å². The van der Waals surface area contributed by atoms with Gasteiger partial charge in [-0.25, -0.2) is 0 Å². The molecule has 1 saturated carbocycles. The second-order valence-electron chi connectivity index (χ2n) is 6.32. The largest absolute Gasteiger partial charge is 0.381 e. The Hall–Kier alpha value is -1.55. The fourth-order valence-electron chi connectivity index (χ4n) is 2.71. The van der Waals surface area contributed by atoms with E-state index in [1.807, 2.05) is 7.05 Å². The summed E-state index contributed by atoms with van der Waals surface area (Å²) < 4.78 is 5.57. The van der Waals surface area contributed by atoms with Crippen LogP contribution in [-0.4, -0.2) is 39.3 Å². The van der Waals surface area contributed by atoms with Crippen molar-refractivity contribution < 1.29 is 4.74 Å². The summed E-state index contributed by atoms with van der Waals surface area (Å²) >= 11 is 0. The molecule has 0 radical (unpaired) electrons. The molecule has 0 aliphatic heterocycles. The van der Waals surface area contributed by atoms with Crippen LogP contribution in [0.1, 0.15) is 44.6 Å². The lowest BCUT2D eigenvalue weighted by Crippen LogP contribution is -2.41. The number of guanidine groups is 1. The van der Waals surface area contributed by atoms with Crippen LogP contribution < -0.4 is 10.6 Å². The van der Waals surface area contributed by atoms with E-state index in [2.05, 4.69) is 52.9 Å². The van der Waals surface area contributed by atoms with Gasteiger partial charge in [0.05, 0.1) is 0 Å². The maximum atomic E-state index is 5.57. The summed E-state index contributed by atoms with van der Waals surface area (Å²) in [4.78, 5) is 4.31. The number of ether oxygens (including phenoxy) is 1. The van der Waals surface area contributed by atoms with Gasteiger partial charge in [-0.2, -0.15) is 0 Å². The average molecular weight is 317 g/mol. The lowest BCUT2D eigenvalue weighted by molar-refractivity contribution is 0.129. The van der Waals surface area contributed by atoms with Crippen molar-refractivity contribution in [1.82, 2.24) is 10.6 Å². The molecular weight excluding hydrogens is 286 g/mol.